The van der Waals surface area contributed by atoms with E-state index in [0.29, 0.717) is 37.7 Å². The third-order valence-corrected chi connectivity index (χ3v) is 6.08. The van der Waals surface area contributed by atoms with E-state index in [-0.39, 0.29) is 5.91 Å². The van der Waals surface area contributed by atoms with Crippen LogP contribution in [0, 0.1) is 20.8 Å². The van der Waals surface area contributed by atoms with Gasteiger partial charge in [0.2, 0.25) is 0 Å². The molecule has 0 bridgehead atoms. The summed E-state index contributed by atoms with van der Waals surface area (Å²) in [4.78, 5) is 26.3. The van der Waals surface area contributed by atoms with Crippen LogP contribution in [0.4, 0.5) is 5.82 Å². The van der Waals surface area contributed by atoms with Crippen LogP contribution in [0.3, 0.4) is 0 Å². The Labute approximate surface area is 181 Å². The first-order valence-electron chi connectivity index (χ1n) is 10.9. The molecule has 0 spiro atoms. The molecule has 0 unspecified atom stereocenters. The number of aromatic nitrogens is 5. The van der Waals surface area contributed by atoms with Gasteiger partial charge in [-0.05, 0) is 46.1 Å². The number of carbonyl (C=O) groups is 1. The van der Waals surface area contributed by atoms with Gasteiger partial charge in [0.15, 0.2) is 11.5 Å². The lowest BCUT2D eigenvalue weighted by molar-refractivity contribution is 0.0735. The van der Waals surface area contributed by atoms with Crippen LogP contribution < -0.4 is 4.90 Å². The van der Waals surface area contributed by atoms with Gasteiger partial charge in [0.25, 0.3) is 5.91 Å². The molecule has 0 N–H and O–H groups in total. The number of hydrogen-bond acceptors (Lipinski definition) is 7. The van der Waals surface area contributed by atoms with Gasteiger partial charge < -0.3 is 14.3 Å². The second-order valence-corrected chi connectivity index (χ2v) is 8.39. The van der Waals surface area contributed by atoms with Gasteiger partial charge in [0.1, 0.15) is 17.4 Å². The van der Waals surface area contributed by atoms with Gasteiger partial charge in [0.05, 0.1) is 5.69 Å². The summed E-state index contributed by atoms with van der Waals surface area (Å²) in [5, 5.41) is 8.65. The molecule has 9 heteroatoms. The molecule has 1 amide bonds. The van der Waals surface area contributed by atoms with E-state index < -0.39 is 0 Å². The van der Waals surface area contributed by atoms with Gasteiger partial charge in [-0.3, -0.25) is 4.79 Å². The van der Waals surface area contributed by atoms with Crippen LogP contribution in [-0.4, -0.2) is 61.9 Å². The topological polar surface area (TPSA) is 93.2 Å². The highest BCUT2D eigenvalue weighted by molar-refractivity contribution is 5.94. The van der Waals surface area contributed by atoms with E-state index in [1.165, 1.54) is 0 Å². The summed E-state index contributed by atoms with van der Waals surface area (Å²) in [6.45, 7) is 8.55. The Hall–Kier alpha value is -3.23. The third-order valence-electron chi connectivity index (χ3n) is 6.08. The van der Waals surface area contributed by atoms with Crippen LogP contribution in [0.15, 0.2) is 16.7 Å². The zero-order valence-corrected chi connectivity index (χ0v) is 18.3. The van der Waals surface area contributed by atoms with Gasteiger partial charge in [-0.15, -0.1) is 0 Å². The quantitative estimate of drug-likeness (QED) is 0.641. The van der Waals surface area contributed by atoms with Crippen LogP contribution in [-0.2, 0) is 12.8 Å². The van der Waals surface area contributed by atoms with Gasteiger partial charge in [-0.2, -0.15) is 5.10 Å². The van der Waals surface area contributed by atoms with E-state index in [1.54, 1.807) is 0 Å². The zero-order chi connectivity index (χ0) is 21.5. The second-order valence-electron chi connectivity index (χ2n) is 8.39. The number of rotatable bonds is 3. The molecule has 5 rings (SSSR count). The molecular formula is C22H27N7O2. The summed E-state index contributed by atoms with van der Waals surface area (Å²) in [6.07, 6.45) is 3.96. The minimum absolute atomic E-state index is 0.0197. The fourth-order valence-electron chi connectivity index (χ4n) is 4.51. The average Bonchev–Trinajstić information content (AvgIpc) is 3.35. The lowest BCUT2D eigenvalue weighted by Gasteiger charge is -2.35. The van der Waals surface area contributed by atoms with Crippen molar-refractivity contribution >= 4 is 11.7 Å². The summed E-state index contributed by atoms with van der Waals surface area (Å²) >= 11 is 0. The normalized spacial score (nSPS) is 16.5. The second kappa shape index (κ2) is 7.79. The standard InChI is InChI=1S/C22H27N7O2/c1-14-12-15(2)29(25-14)20-13-19(23-16(3)24-20)27-8-10-28(11-9-27)22(30)21-17-6-4-5-7-18(17)31-26-21/h12-13H,4-11H2,1-3H3. The Balaban J connectivity index is 1.31. The zero-order valence-electron chi connectivity index (χ0n) is 18.3. The van der Waals surface area contributed by atoms with Gasteiger partial charge in [-0.1, -0.05) is 5.16 Å². The number of nitrogens with zero attached hydrogens (tertiary/aromatic N) is 7. The number of fused-ring (bicyclic) bond motifs is 1. The van der Waals surface area contributed by atoms with E-state index >= 15 is 0 Å². The molecule has 162 valence electrons. The molecule has 3 aromatic heterocycles. The van der Waals surface area contributed by atoms with E-state index in [4.69, 9.17) is 4.52 Å². The maximum atomic E-state index is 13.1. The molecule has 0 aromatic carbocycles. The van der Waals surface area contributed by atoms with Crippen molar-refractivity contribution < 1.29 is 9.32 Å². The van der Waals surface area contributed by atoms with E-state index in [9.17, 15) is 4.79 Å². The highest BCUT2D eigenvalue weighted by Gasteiger charge is 2.30. The Morgan fingerprint density at radius 1 is 0.968 bits per heavy atom. The van der Waals surface area contributed by atoms with E-state index in [1.807, 2.05) is 42.5 Å². The summed E-state index contributed by atoms with van der Waals surface area (Å²) in [6, 6.07) is 4.00. The summed E-state index contributed by atoms with van der Waals surface area (Å²) in [7, 11) is 0. The number of amides is 1. The van der Waals surface area contributed by atoms with Gasteiger partial charge in [-0.25, -0.2) is 14.6 Å². The average molecular weight is 422 g/mol. The fourth-order valence-corrected chi connectivity index (χ4v) is 4.51. The predicted molar refractivity (Wildman–Crippen MR) is 115 cm³/mol. The Morgan fingerprint density at radius 3 is 2.45 bits per heavy atom. The van der Waals surface area contributed by atoms with Crippen molar-refractivity contribution in [3.05, 3.63) is 46.4 Å². The Kier molecular flexibility index (Phi) is 4.95. The lowest BCUT2D eigenvalue weighted by atomic mass is 9.96. The molecule has 4 heterocycles. The van der Waals surface area contributed by atoms with Crippen LogP contribution in [0.1, 0.15) is 51.9 Å². The first kappa shape index (κ1) is 19.7. The monoisotopic (exact) mass is 421 g/mol. The molecule has 0 saturated carbocycles. The van der Waals surface area contributed by atoms with Crippen molar-refractivity contribution in [3.8, 4) is 5.82 Å². The molecule has 31 heavy (non-hydrogen) atoms. The molecule has 0 radical (unpaired) electrons. The first-order chi connectivity index (χ1) is 15.0. The van der Waals surface area contributed by atoms with Crippen molar-refractivity contribution in [1.82, 2.24) is 29.8 Å². The molecule has 1 aliphatic carbocycles. The molecule has 1 saturated heterocycles. The van der Waals surface area contributed by atoms with Crippen LogP contribution in [0.25, 0.3) is 5.82 Å². The van der Waals surface area contributed by atoms with Crippen molar-refractivity contribution in [3.63, 3.8) is 0 Å². The Morgan fingerprint density at radius 2 is 1.71 bits per heavy atom. The molecule has 1 fully saturated rings. The summed E-state index contributed by atoms with van der Waals surface area (Å²) in [5.74, 6) is 3.20. The summed E-state index contributed by atoms with van der Waals surface area (Å²) < 4.78 is 7.28. The smallest absolute Gasteiger partial charge is 0.276 e. The first-order valence-corrected chi connectivity index (χ1v) is 10.9. The maximum absolute atomic E-state index is 13.1. The SMILES string of the molecule is Cc1cc(C)n(-c2cc(N3CCN(C(=O)c4noc5c4CCCC5)CC3)nc(C)n2)n1. The van der Waals surface area contributed by atoms with Crippen LogP contribution in [0.2, 0.25) is 0 Å². The van der Waals surface area contributed by atoms with E-state index in [0.717, 1.165) is 60.0 Å². The molecule has 2 aliphatic rings. The third kappa shape index (κ3) is 3.68. The molecule has 0 atom stereocenters. The largest absolute Gasteiger partial charge is 0.360 e. The number of hydrogen-bond donors (Lipinski definition) is 0. The van der Waals surface area contributed by atoms with Crippen molar-refractivity contribution in [2.45, 2.75) is 46.5 Å². The highest BCUT2D eigenvalue weighted by atomic mass is 16.5. The Bertz CT molecular complexity index is 1130. The maximum Gasteiger partial charge on any atom is 0.276 e. The lowest BCUT2D eigenvalue weighted by Crippen LogP contribution is -2.49. The number of anilines is 1. The fraction of sp³-hybridized carbons (Fsp3) is 0.500. The van der Waals surface area contributed by atoms with Crippen molar-refractivity contribution in [1.29, 1.82) is 0 Å². The van der Waals surface area contributed by atoms with E-state index in [2.05, 4.69) is 25.1 Å². The van der Waals surface area contributed by atoms with Crippen LogP contribution >= 0.6 is 0 Å². The van der Waals surface area contributed by atoms with Crippen LogP contribution in [0.5, 0.6) is 0 Å². The number of piperazine rings is 1. The predicted octanol–water partition coefficient (Wildman–Crippen LogP) is 2.42. The van der Waals surface area contributed by atoms with Gasteiger partial charge in [0, 0.05) is 49.9 Å². The number of aryl methyl sites for hydroxylation is 4. The number of carbonyl (C=O) groups excluding carboxylic acids is 1. The summed E-state index contributed by atoms with van der Waals surface area (Å²) in [5.41, 5.74) is 3.51. The highest BCUT2D eigenvalue weighted by Crippen LogP contribution is 2.26. The van der Waals surface area contributed by atoms with Crippen molar-refractivity contribution in [2.24, 2.45) is 0 Å². The molecule has 3 aromatic rings. The molecule has 9 nitrogen and oxygen atoms in total. The molecule has 1 aliphatic heterocycles. The minimum Gasteiger partial charge on any atom is -0.360 e. The van der Waals surface area contributed by atoms with Gasteiger partial charge >= 0.3 is 0 Å². The minimum atomic E-state index is -0.0197. The van der Waals surface area contributed by atoms with Crippen molar-refractivity contribution in [2.75, 3.05) is 31.1 Å². The molecular weight excluding hydrogens is 394 g/mol.